The van der Waals surface area contributed by atoms with Gasteiger partial charge in [0, 0.05) is 52.0 Å². The zero-order valence-corrected chi connectivity index (χ0v) is 45.0. The summed E-state index contributed by atoms with van der Waals surface area (Å²) in [6.45, 7) is 8.10. The first-order chi connectivity index (χ1) is 35.7. The van der Waals surface area contributed by atoms with Crippen LogP contribution >= 0.6 is 25.4 Å². The number of benzene rings is 5. The average Bonchev–Trinajstić information content (AvgIpc) is 4.05. The minimum atomic E-state index is -0.797. The number of ether oxygens (including phenoxy) is 5. The summed E-state index contributed by atoms with van der Waals surface area (Å²) in [5, 5.41) is 3.28. The number of carbonyl (C=O) groups is 4. The molecule has 0 radical (unpaired) electrons. The number of carbonyl (C=O) groups excluding carboxylic acids is 4. The normalized spacial score (nSPS) is 14.5. The second-order valence-corrected chi connectivity index (χ2v) is 17.7. The number of fused-ring (bicyclic) bond motifs is 6. The first kappa shape index (κ1) is 58.4. The zero-order valence-electron chi connectivity index (χ0n) is 43.3. The maximum atomic E-state index is 12.2. The third-order valence-corrected chi connectivity index (χ3v) is 12.7. The van der Waals surface area contributed by atoms with E-state index in [0.717, 1.165) is 36.1 Å². The second-order valence-electron chi connectivity index (χ2n) is 17.3. The maximum Gasteiger partial charge on any atom is 0.333 e. The Kier molecular flexibility index (Phi) is 24.5. The van der Waals surface area contributed by atoms with Crippen LogP contribution in [0.5, 0.6) is 5.75 Å². The van der Waals surface area contributed by atoms with E-state index in [1.807, 2.05) is 26.0 Å². The highest BCUT2D eigenvalue weighted by Gasteiger charge is 2.44. The Morgan fingerprint density at radius 1 is 0.630 bits per heavy atom. The van der Waals surface area contributed by atoms with Crippen molar-refractivity contribution in [2.24, 2.45) is 0 Å². The van der Waals surface area contributed by atoms with Crippen molar-refractivity contribution in [2.75, 3.05) is 80.3 Å². The lowest BCUT2D eigenvalue weighted by Crippen LogP contribution is -2.32. The zero-order chi connectivity index (χ0) is 52.6. The van der Waals surface area contributed by atoms with E-state index in [-0.39, 0.29) is 31.6 Å². The molecule has 8 rings (SSSR count). The van der Waals surface area contributed by atoms with E-state index >= 15 is 0 Å². The maximum absolute atomic E-state index is 12.2. The van der Waals surface area contributed by atoms with Crippen LogP contribution in [0.25, 0.3) is 44.5 Å². The topological polar surface area (TPSA) is 151 Å². The highest BCUT2D eigenvalue weighted by molar-refractivity contribution is 7.79. The van der Waals surface area contributed by atoms with Crippen molar-refractivity contribution in [1.29, 1.82) is 0 Å². The van der Waals surface area contributed by atoms with Gasteiger partial charge < -0.3 is 33.8 Å². The molecular weight excluding hydrogens is 963 g/mol. The molecular formula is C58H73N3O10S2. The first-order valence-corrected chi connectivity index (χ1v) is 26.5. The number of thiol groups is 2. The van der Waals surface area contributed by atoms with E-state index in [1.165, 1.54) is 55.6 Å². The quantitative estimate of drug-likeness (QED) is 0.0261. The van der Waals surface area contributed by atoms with E-state index in [9.17, 15) is 19.2 Å². The van der Waals surface area contributed by atoms with Gasteiger partial charge in [0.15, 0.2) is 0 Å². The number of hydroxylamine groups is 2. The molecule has 0 bridgehead atoms. The molecule has 392 valence electrons. The lowest BCUT2D eigenvalue weighted by Gasteiger charge is -2.33. The number of hydrogen-bond acceptors (Lipinski definition) is 13. The smallest absolute Gasteiger partial charge is 0.333 e. The van der Waals surface area contributed by atoms with Crippen LogP contribution in [-0.4, -0.2) is 109 Å². The molecule has 1 unspecified atom stereocenters. The van der Waals surface area contributed by atoms with Gasteiger partial charge in [-0.2, -0.15) is 12.6 Å². The molecule has 1 fully saturated rings. The Bertz CT molecular complexity index is 2560. The van der Waals surface area contributed by atoms with Gasteiger partial charge in [0.25, 0.3) is 11.8 Å². The van der Waals surface area contributed by atoms with Crippen LogP contribution in [-0.2, 0) is 54.8 Å². The summed E-state index contributed by atoms with van der Waals surface area (Å²) in [5.41, 5.74) is 14.5. The fourth-order valence-corrected chi connectivity index (χ4v) is 9.28. The molecule has 3 amide bonds. The summed E-state index contributed by atoms with van der Waals surface area (Å²) in [4.78, 5) is 52.3. The van der Waals surface area contributed by atoms with Gasteiger partial charge in [-0.1, -0.05) is 106 Å². The fourth-order valence-electron chi connectivity index (χ4n) is 9.28. The van der Waals surface area contributed by atoms with E-state index < -0.39 is 23.2 Å². The third-order valence-electron chi connectivity index (χ3n) is 12.7. The van der Waals surface area contributed by atoms with Crippen LogP contribution in [0.4, 0.5) is 0 Å². The summed E-state index contributed by atoms with van der Waals surface area (Å²) < 4.78 is 31.7. The van der Waals surface area contributed by atoms with Gasteiger partial charge in [-0.25, -0.2) is 4.79 Å². The van der Waals surface area contributed by atoms with Crippen molar-refractivity contribution < 1.29 is 47.7 Å². The molecule has 0 aromatic heterocycles. The molecule has 2 N–H and O–H groups in total. The standard InChI is InChI=1S/C54H58N2O10.C2H6.CH5NS.CH4S/c1-61-28-30-63-26-7-24-54(36-64-31-29-62-2)48-34-39(13-18-46(48)47-19-14-40(35-49(47)54)38-12-17-45-42(32-38)33-41-8-3-4-9-44(41)45)37-10-15-43(16-11-37)65-27-6-5-25-55-50(57)20-23-53(60)66-56-51(58)21-22-52(56)59;1-2;1-2-3;1-2/h3-4,8-19,32,34-35H,5-7,20-31,33,36H2,1-2H3,(H,55,57);1-2H3;2-3H,1H3;2H,1H3. The largest absolute Gasteiger partial charge is 0.494 e. The van der Waals surface area contributed by atoms with Crippen molar-refractivity contribution in [3.8, 4) is 50.3 Å². The molecule has 5 aromatic rings. The van der Waals surface area contributed by atoms with Gasteiger partial charge in [-0.15, -0.1) is 5.06 Å². The molecule has 3 aliphatic rings. The Hall–Kier alpha value is -5.52. The number of nitrogens with zero attached hydrogens (tertiary/aromatic N) is 1. The summed E-state index contributed by atoms with van der Waals surface area (Å²) >= 11 is 7.07. The van der Waals surface area contributed by atoms with E-state index in [1.54, 1.807) is 27.5 Å². The van der Waals surface area contributed by atoms with Crippen molar-refractivity contribution >= 4 is 49.1 Å². The first-order valence-electron chi connectivity index (χ1n) is 25.2. The number of rotatable bonds is 24. The lowest BCUT2D eigenvalue weighted by molar-refractivity contribution is -0.197. The molecule has 1 heterocycles. The molecule has 13 nitrogen and oxygen atoms in total. The van der Waals surface area contributed by atoms with Gasteiger partial charge in [-0.05, 0) is 136 Å². The van der Waals surface area contributed by atoms with E-state index in [4.69, 9.17) is 28.5 Å². The van der Waals surface area contributed by atoms with Crippen LogP contribution in [0, 0.1) is 0 Å². The van der Waals surface area contributed by atoms with E-state index in [0.29, 0.717) is 70.7 Å². The number of unbranched alkanes of at least 4 members (excludes halogenated alkanes) is 1. The Morgan fingerprint density at radius 2 is 1.19 bits per heavy atom. The Labute approximate surface area is 442 Å². The SMILES string of the molecule is CC.CNS.COCCOCCCC1(COCCOC)c2cc(-c3ccc(OCCCCNC(=O)CCC(=O)ON4C(=O)CCC4=O)cc3)ccc2-c2ccc(-c3ccc4c(c3)Cc3ccccc3-4)cc21.CS. The summed E-state index contributed by atoms with van der Waals surface area (Å²) in [5.74, 6) is -1.46. The van der Waals surface area contributed by atoms with Crippen molar-refractivity contribution in [1.82, 2.24) is 15.1 Å². The highest BCUT2D eigenvalue weighted by Crippen LogP contribution is 2.54. The Morgan fingerprint density at radius 3 is 1.84 bits per heavy atom. The molecule has 1 atom stereocenters. The predicted molar refractivity (Wildman–Crippen MR) is 295 cm³/mol. The number of hydrogen-bond donors (Lipinski definition) is 4. The third kappa shape index (κ3) is 15.5. The van der Waals surface area contributed by atoms with Gasteiger partial charge in [0.05, 0.1) is 46.1 Å². The predicted octanol–water partition coefficient (Wildman–Crippen LogP) is 10.2. The van der Waals surface area contributed by atoms with E-state index in [2.05, 4.69) is 126 Å². The monoisotopic (exact) mass is 1040 g/mol. The van der Waals surface area contributed by atoms with Gasteiger partial charge in [0.2, 0.25) is 5.91 Å². The molecule has 0 spiro atoms. The highest BCUT2D eigenvalue weighted by atomic mass is 32.1. The lowest BCUT2D eigenvalue weighted by atomic mass is 9.74. The minimum absolute atomic E-state index is 0.0177. The second kappa shape index (κ2) is 30.6. The van der Waals surface area contributed by atoms with Crippen molar-refractivity contribution in [3.63, 3.8) is 0 Å². The average molecular weight is 1040 g/mol. The van der Waals surface area contributed by atoms with Crippen molar-refractivity contribution in [3.05, 3.63) is 125 Å². The number of methoxy groups -OCH3 is 2. The summed E-state index contributed by atoms with van der Waals surface area (Å²) in [7, 11) is 5.13. The van der Waals surface area contributed by atoms with Crippen LogP contribution in [0.2, 0.25) is 0 Å². The molecule has 0 saturated carbocycles. The minimum Gasteiger partial charge on any atom is -0.494 e. The van der Waals surface area contributed by atoms with Crippen LogP contribution in [0.1, 0.15) is 87.5 Å². The summed E-state index contributed by atoms with van der Waals surface area (Å²) in [6, 6.07) is 37.5. The van der Waals surface area contributed by atoms with Crippen molar-refractivity contribution in [2.45, 2.75) is 77.0 Å². The Balaban J connectivity index is 0.00000135. The number of amides is 3. The fraction of sp³-hybridized carbons (Fsp3) is 0.414. The van der Waals surface area contributed by atoms with Gasteiger partial charge >= 0.3 is 5.97 Å². The number of imide groups is 1. The molecule has 2 aliphatic carbocycles. The van der Waals surface area contributed by atoms with Crippen LogP contribution in [0.15, 0.2) is 103 Å². The molecule has 5 aromatic carbocycles. The molecule has 73 heavy (non-hydrogen) atoms. The molecule has 1 aliphatic heterocycles. The molecule has 15 heteroatoms. The van der Waals surface area contributed by atoms with Gasteiger partial charge in [-0.3, -0.25) is 19.1 Å². The number of nitrogens with one attached hydrogen (secondary N) is 2. The van der Waals surface area contributed by atoms with Crippen LogP contribution < -0.4 is 14.8 Å². The molecule has 1 saturated heterocycles. The summed E-state index contributed by atoms with van der Waals surface area (Å²) in [6.07, 6.45) is 5.40. The van der Waals surface area contributed by atoms with Gasteiger partial charge in [0.1, 0.15) is 5.75 Å². The van der Waals surface area contributed by atoms with Crippen LogP contribution in [0.3, 0.4) is 0 Å².